The third-order valence-electron chi connectivity index (χ3n) is 4.38. The number of imide groups is 1. The summed E-state index contributed by atoms with van der Waals surface area (Å²) in [6.45, 7) is 5.31. The van der Waals surface area contributed by atoms with Crippen molar-refractivity contribution in [1.82, 2.24) is 10.2 Å². The first-order chi connectivity index (χ1) is 17.6. The summed E-state index contributed by atoms with van der Waals surface area (Å²) in [7, 11) is 0. The van der Waals surface area contributed by atoms with Gasteiger partial charge in [0.05, 0.1) is 52.9 Å². The van der Waals surface area contributed by atoms with E-state index in [9.17, 15) is 27.6 Å². The van der Waals surface area contributed by atoms with Crippen molar-refractivity contribution in [2.24, 2.45) is 5.73 Å². The molecule has 4 N–H and O–H groups in total. The Morgan fingerprint density at radius 2 is 1.30 bits per heavy atom. The summed E-state index contributed by atoms with van der Waals surface area (Å²) >= 11 is 0. The topological polar surface area (TPSA) is 167 Å². The molecular weight excluding hydrogens is 507 g/mol. The quantitative estimate of drug-likeness (QED) is 0.143. The molecule has 0 radical (unpaired) electrons. The van der Waals surface area contributed by atoms with Crippen molar-refractivity contribution in [1.29, 1.82) is 0 Å². The monoisotopic (exact) mass is 543 g/mol. The smallest absolute Gasteiger partial charge is 0.475 e. The number of carboxylic acid groups (broad SMARTS) is 1. The normalized spacial score (nSPS) is 13.0. The Balaban J connectivity index is 0.00000161. The largest absolute Gasteiger partial charge is 0.490 e. The number of aliphatic carboxylic acids is 1. The van der Waals surface area contributed by atoms with E-state index in [2.05, 4.69) is 5.32 Å². The number of hydrogen-bond acceptors (Lipinski definition) is 9. The second-order valence-electron chi connectivity index (χ2n) is 7.36. The van der Waals surface area contributed by atoms with Gasteiger partial charge in [-0.3, -0.25) is 19.3 Å². The highest BCUT2D eigenvalue weighted by Crippen LogP contribution is 2.13. The first-order valence-corrected chi connectivity index (χ1v) is 11.7. The van der Waals surface area contributed by atoms with Gasteiger partial charge in [0, 0.05) is 38.2 Å². The van der Waals surface area contributed by atoms with Crippen LogP contribution in [0.3, 0.4) is 0 Å². The molecular formula is C22H36F3N3O9. The van der Waals surface area contributed by atoms with Crippen LogP contribution in [-0.2, 0) is 38.1 Å². The fraction of sp³-hybridized carbons (Fsp3) is 0.727. The van der Waals surface area contributed by atoms with Gasteiger partial charge in [-0.15, -0.1) is 0 Å². The van der Waals surface area contributed by atoms with Gasteiger partial charge in [-0.2, -0.15) is 13.2 Å². The predicted molar refractivity (Wildman–Crippen MR) is 123 cm³/mol. The first-order valence-electron chi connectivity index (χ1n) is 11.7. The Labute approximate surface area is 213 Å². The van der Waals surface area contributed by atoms with Gasteiger partial charge in [-0.25, -0.2) is 4.79 Å². The van der Waals surface area contributed by atoms with E-state index in [4.69, 9.17) is 34.6 Å². The molecule has 0 spiro atoms. The lowest BCUT2D eigenvalue weighted by atomic mass is 10.2. The molecule has 12 nitrogen and oxygen atoms in total. The highest BCUT2D eigenvalue weighted by molar-refractivity contribution is 6.12. The van der Waals surface area contributed by atoms with Crippen LogP contribution in [-0.4, -0.2) is 112 Å². The number of nitrogens with two attached hydrogens (primary N) is 1. The van der Waals surface area contributed by atoms with Crippen molar-refractivity contribution in [3.05, 3.63) is 12.2 Å². The van der Waals surface area contributed by atoms with E-state index in [1.54, 1.807) is 0 Å². The molecule has 0 saturated carbocycles. The van der Waals surface area contributed by atoms with Crippen LogP contribution in [0.4, 0.5) is 13.2 Å². The standard InChI is InChI=1S/C20H35N3O7.C2HF3O2/c21-7-10-27-12-14-29-16-17-30-15-13-28-11-8-22-18(24)4-2-1-3-9-23-19(25)5-6-20(23)26;3-2(4,5)1(6)7/h5-6H,1-4,7-17,21H2,(H,22,24);(H,6,7). The Hall–Kier alpha value is -2.59. The molecule has 15 heteroatoms. The SMILES string of the molecule is NCCOCCOCCOCCOCCNC(=O)CCCCCN1C(=O)C=CC1=O.O=C(O)C(F)(F)F. The van der Waals surface area contributed by atoms with Crippen LogP contribution < -0.4 is 11.1 Å². The van der Waals surface area contributed by atoms with E-state index >= 15 is 0 Å². The van der Waals surface area contributed by atoms with E-state index in [1.807, 2.05) is 0 Å². The molecule has 0 atom stereocenters. The van der Waals surface area contributed by atoms with Crippen molar-refractivity contribution >= 4 is 23.7 Å². The summed E-state index contributed by atoms with van der Waals surface area (Å²) in [6, 6.07) is 0. The zero-order valence-electron chi connectivity index (χ0n) is 20.6. The van der Waals surface area contributed by atoms with Crippen LogP contribution in [0, 0.1) is 0 Å². The molecule has 1 aliphatic rings. The van der Waals surface area contributed by atoms with Crippen LogP contribution in [0.15, 0.2) is 12.2 Å². The highest BCUT2D eigenvalue weighted by Gasteiger charge is 2.38. The zero-order chi connectivity index (χ0) is 27.9. The van der Waals surface area contributed by atoms with E-state index < -0.39 is 12.1 Å². The Morgan fingerprint density at radius 3 is 1.76 bits per heavy atom. The van der Waals surface area contributed by atoms with Crippen LogP contribution >= 0.6 is 0 Å². The molecule has 214 valence electrons. The summed E-state index contributed by atoms with van der Waals surface area (Å²) < 4.78 is 53.0. The number of ether oxygens (including phenoxy) is 4. The van der Waals surface area contributed by atoms with Crippen molar-refractivity contribution in [3.8, 4) is 0 Å². The van der Waals surface area contributed by atoms with E-state index in [1.165, 1.54) is 17.1 Å². The molecule has 1 rings (SSSR count). The number of nitrogens with zero attached hydrogens (tertiary/aromatic N) is 1. The molecule has 0 unspecified atom stereocenters. The summed E-state index contributed by atoms with van der Waals surface area (Å²) in [4.78, 5) is 44.6. The molecule has 1 aliphatic heterocycles. The summed E-state index contributed by atoms with van der Waals surface area (Å²) in [6.07, 6.45) is 0.0836. The lowest BCUT2D eigenvalue weighted by molar-refractivity contribution is -0.192. The number of hydrogen-bond donors (Lipinski definition) is 3. The number of unbranched alkanes of at least 4 members (excludes halogenated alkanes) is 2. The number of carbonyl (C=O) groups is 4. The number of nitrogens with one attached hydrogen (secondary N) is 1. The molecule has 0 bridgehead atoms. The molecule has 0 fully saturated rings. The van der Waals surface area contributed by atoms with Crippen LogP contribution in [0.5, 0.6) is 0 Å². The number of alkyl halides is 3. The molecule has 3 amide bonds. The maximum Gasteiger partial charge on any atom is 0.490 e. The second-order valence-corrected chi connectivity index (χ2v) is 7.36. The average molecular weight is 544 g/mol. The van der Waals surface area contributed by atoms with Crippen molar-refractivity contribution in [2.45, 2.75) is 31.9 Å². The minimum Gasteiger partial charge on any atom is -0.475 e. The van der Waals surface area contributed by atoms with Gasteiger partial charge in [0.2, 0.25) is 5.91 Å². The first kappa shape index (κ1) is 34.4. The van der Waals surface area contributed by atoms with Gasteiger partial charge in [-0.05, 0) is 12.8 Å². The van der Waals surface area contributed by atoms with E-state index in [-0.39, 0.29) is 17.7 Å². The number of amides is 3. The fourth-order valence-electron chi connectivity index (χ4n) is 2.58. The lowest BCUT2D eigenvalue weighted by Gasteiger charge is -2.13. The summed E-state index contributed by atoms with van der Waals surface area (Å²) in [5.74, 6) is -3.31. The molecule has 0 saturated heterocycles. The van der Waals surface area contributed by atoms with E-state index in [0.717, 1.165) is 6.42 Å². The van der Waals surface area contributed by atoms with Crippen molar-refractivity contribution < 1.29 is 56.4 Å². The van der Waals surface area contributed by atoms with Crippen LogP contribution in [0.25, 0.3) is 0 Å². The number of halogens is 3. The lowest BCUT2D eigenvalue weighted by Crippen LogP contribution is -2.31. The van der Waals surface area contributed by atoms with Gasteiger partial charge >= 0.3 is 12.1 Å². The minimum atomic E-state index is -5.08. The molecule has 0 aliphatic carbocycles. The molecule has 37 heavy (non-hydrogen) atoms. The number of rotatable bonds is 20. The molecule has 1 heterocycles. The third kappa shape index (κ3) is 20.2. The van der Waals surface area contributed by atoms with Gasteiger partial charge in [0.15, 0.2) is 0 Å². The fourth-order valence-corrected chi connectivity index (χ4v) is 2.58. The Bertz CT molecular complexity index is 689. The minimum absolute atomic E-state index is 0.0302. The molecule has 0 aromatic heterocycles. The highest BCUT2D eigenvalue weighted by atomic mass is 19.4. The maximum atomic E-state index is 11.7. The molecule has 0 aromatic carbocycles. The maximum absolute atomic E-state index is 11.7. The summed E-state index contributed by atoms with van der Waals surface area (Å²) in [5.41, 5.74) is 5.30. The number of carbonyl (C=O) groups excluding carboxylic acids is 3. The van der Waals surface area contributed by atoms with Crippen molar-refractivity contribution in [3.63, 3.8) is 0 Å². The molecule has 0 aromatic rings. The van der Waals surface area contributed by atoms with Gasteiger partial charge in [-0.1, -0.05) is 6.42 Å². The number of carboxylic acids is 1. The second kappa shape index (κ2) is 21.5. The van der Waals surface area contributed by atoms with E-state index in [0.29, 0.717) is 91.8 Å². The third-order valence-corrected chi connectivity index (χ3v) is 4.38. The Morgan fingerprint density at radius 1 is 0.838 bits per heavy atom. The summed E-state index contributed by atoms with van der Waals surface area (Å²) in [5, 5.41) is 9.92. The zero-order valence-corrected chi connectivity index (χ0v) is 20.6. The van der Waals surface area contributed by atoms with Crippen LogP contribution in [0.2, 0.25) is 0 Å². The van der Waals surface area contributed by atoms with Gasteiger partial charge in [0.25, 0.3) is 11.8 Å². The van der Waals surface area contributed by atoms with Gasteiger partial charge < -0.3 is 35.1 Å². The Kier molecular flexibility index (Phi) is 20.0. The van der Waals surface area contributed by atoms with Crippen molar-refractivity contribution in [2.75, 3.05) is 72.5 Å². The predicted octanol–water partition coefficient (Wildman–Crippen LogP) is 0.246. The van der Waals surface area contributed by atoms with Gasteiger partial charge in [0.1, 0.15) is 0 Å². The average Bonchev–Trinajstić information content (AvgIpc) is 3.16. The van der Waals surface area contributed by atoms with Crippen LogP contribution in [0.1, 0.15) is 25.7 Å².